The first kappa shape index (κ1) is 17.8. The molecule has 0 atom stereocenters. The first-order valence-corrected chi connectivity index (χ1v) is 8.45. The van der Waals surface area contributed by atoms with Crippen molar-refractivity contribution in [1.82, 2.24) is 20.3 Å². The molecule has 7 heteroatoms. The van der Waals surface area contributed by atoms with Crippen LogP contribution in [0.5, 0.6) is 0 Å². The Morgan fingerprint density at radius 1 is 1.15 bits per heavy atom. The lowest BCUT2D eigenvalue weighted by atomic mass is 10.2. The average Bonchev–Trinajstić information content (AvgIpc) is 2.63. The van der Waals surface area contributed by atoms with Gasteiger partial charge in [0.2, 0.25) is 0 Å². The van der Waals surface area contributed by atoms with Gasteiger partial charge < -0.3 is 10.6 Å². The molecule has 0 aliphatic heterocycles. The number of halogens is 1. The zero-order chi connectivity index (χ0) is 18.5. The van der Waals surface area contributed by atoms with E-state index in [1.54, 1.807) is 25.4 Å². The van der Waals surface area contributed by atoms with Crippen LogP contribution in [0.15, 0.2) is 48.8 Å². The standard InChI is InChI=1S/C19H18ClN5O/c1-12-5-6-15(20)8-16(12)25-18-9-17(23-13(2)24-18)19(26)22-11-14-4-3-7-21-10-14/h3-10H,11H2,1-2H3,(H,22,26)(H,23,24,25). The van der Waals surface area contributed by atoms with Gasteiger partial charge in [-0.15, -0.1) is 0 Å². The number of aryl methyl sites for hydroxylation is 2. The second-order valence-corrected chi connectivity index (χ2v) is 6.25. The van der Waals surface area contributed by atoms with E-state index < -0.39 is 0 Å². The van der Waals surface area contributed by atoms with E-state index >= 15 is 0 Å². The smallest absolute Gasteiger partial charge is 0.270 e. The van der Waals surface area contributed by atoms with Crippen molar-refractivity contribution in [3.05, 3.63) is 76.5 Å². The van der Waals surface area contributed by atoms with Gasteiger partial charge in [0.05, 0.1) is 0 Å². The van der Waals surface area contributed by atoms with Crippen LogP contribution >= 0.6 is 11.6 Å². The lowest BCUT2D eigenvalue weighted by molar-refractivity contribution is 0.0945. The molecule has 0 aliphatic rings. The van der Waals surface area contributed by atoms with Crippen molar-refractivity contribution in [2.45, 2.75) is 20.4 Å². The lowest BCUT2D eigenvalue weighted by Crippen LogP contribution is -2.24. The molecule has 0 radical (unpaired) electrons. The second-order valence-electron chi connectivity index (χ2n) is 5.81. The number of carbonyl (C=O) groups excluding carboxylic acids is 1. The molecule has 0 unspecified atom stereocenters. The van der Waals surface area contributed by atoms with Gasteiger partial charge in [0.25, 0.3) is 5.91 Å². The zero-order valence-electron chi connectivity index (χ0n) is 14.5. The van der Waals surface area contributed by atoms with Gasteiger partial charge in [-0.25, -0.2) is 9.97 Å². The minimum Gasteiger partial charge on any atom is -0.347 e. The van der Waals surface area contributed by atoms with Crippen molar-refractivity contribution in [2.75, 3.05) is 5.32 Å². The largest absolute Gasteiger partial charge is 0.347 e. The van der Waals surface area contributed by atoms with E-state index in [9.17, 15) is 4.79 Å². The Morgan fingerprint density at radius 2 is 2.00 bits per heavy atom. The number of pyridine rings is 1. The number of carbonyl (C=O) groups is 1. The maximum atomic E-state index is 12.4. The van der Waals surface area contributed by atoms with Crippen LogP contribution in [-0.4, -0.2) is 20.9 Å². The number of benzene rings is 1. The summed E-state index contributed by atoms with van der Waals surface area (Å²) in [6, 6.07) is 10.9. The number of hydrogen-bond acceptors (Lipinski definition) is 5. The molecule has 2 aromatic heterocycles. The SMILES string of the molecule is Cc1nc(Nc2cc(Cl)ccc2C)cc(C(=O)NCc2cccnc2)n1. The Bertz CT molecular complexity index is 930. The van der Waals surface area contributed by atoms with E-state index in [0.29, 0.717) is 28.9 Å². The van der Waals surface area contributed by atoms with Crippen molar-refractivity contribution in [1.29, 1.82) is 0 Å². The summed E-state index contributed by atoms with van der Waals surface area (Å²) in [6.45, 7) is 4.09. The summed E-state index contributed by atoms with van der Waals surface area (Å²) in [7, 11) is 0. The number of nitrogens with zero attached hydrogens (tertiary/aromatic N) is 3. The van der Waals surface area contributed by atoms with Crippen LogP contribution < -0.4 is 10.6 Å². The van der Waals surface area contributed by atoms with E-state index in [1.165, 1.54) is 0 Å². The Balaban J connectivity index is 1.76. The highest BCUT2D eigenvalue weighted by Gasteiger charge is 2.11. The summed E-state index contributed by atoms with van der Waals surface area (Å²) in [5.74, 6) is 0.765. The predicted molar refractivity (Wildman–Crippen MR) is 102 cm³/mol. The molecular weight excluding hydrogens is 350 g/mol. The zero-order valence-corrected chi connectivity index (χ0v) is 15.2. The number of rotatable bonds is 5. The number of amides is 1. The maximum absolute atomic E-state index is 12.4. The summed E-state index contributed by atoms with van der Waals surface area (Å²) in [4.78, 5) is 25.0. The first-order chi connectivity index (χ1) is 12.5. The summed E-state index contributed by atoms with van der Waals surface area (Å²) < 4.78 is 0. The molecule has 3 aromatic rings. The minimum atomic E-state index is -0.273. The number of anilines is 2. The highest BCUT2D eigenvalue weighted by atomic mass is 35.5. The van der Waals surface area contributed by atoms with Gasteiger partial charge in [-0.2, -0.15) is 0 Å². The van der Waals surface area contributed by atoms with Crippen LogP contribution in [0.4, 0.5) is 11.5 Å². The first-order valence-electron chi connectivity index (χ1n) is 8.07. The molecule has 1 aromatic carbocycles. The van der Waals surface area contributed by atoms with E-state index in [4.69, 9.17) is 11.6 Å². The van der Waals surface area contributed by atoms with Crippen molar-refractivity contribution in [3.63, 3.8) is 0 Å². The molecule has 2 heterocycles. The molecule has 0 bridgehead atoms. The topological polar surface area (TPSA) is 79.8 Å². The maximum Gasteiger partial charge on any atom is 0.270 e. The Kier molecular flexibility index (Phi) is 5.43. The Hall–Kier alpha value is -2.99. The van der Waals surface area contributed by atoms with Gasteiger partial charge in [-0.05, 0) is 43.2 Å². The van der Waals surface area contributed by atoms with Gasteiger partial charge in [-0.1, -0.05) is 23.7 Å². The van der Waals surface area contributed by atoms with Gasteiger partial charge in [0, 0.05) is 35.7 Å². The number of hydrogen-bond donors (Lipinski definition) is 2. The molecule has 0 spiro atoms. The average molecular weight is 368 g/mol. The van der Waals surface area contributed by atoms with Crippen LogP contribution in [0.25, 0.3) is 0 Å². The molecule has 0 saturated heterocycles. The Morgan fingerprint density at radius 3 is 2.77 bits per heavy atom. The predicted octanol–water partition coefficient (Wildman–Crippen LogP) is 3.82. The molecule has 132 valence electrons. The highest BCUT2D eigenvalue weighted by Crippen LogP contribution is 2.23. The number of nitrogens with one attached hydrogen (secondary N) is 2. The third kappa shape index (κ3) is 4.55. The van der Waals surface area contributed by atoms with E-state index in [2.05, 4.69) is 25.6 Å². The summed E-state index contributed by atoms with van der Waals surface area (Å²) in [5, 5.41) is 6.66. The molecule has 26 heavy (non-hydrogen) atoms. The van der Waals surface area contributed by atoms with Gasteiger partial charge in [0.1, 0.15) is 17.3 Å². The van der Waals surface area contributed by atoms with Gasteiger partial charge in [-0.3, -0.25) is 9.78 Å². The molecular formula is C19H18ClN5O. The third-order valence-corrected chi connectivity index (χ3v) is 3.94. The van der Waals surface area contributed by atoms with E-state index in [1.807, 2.05) is 37.3 Å². The molecule has 1 amide bonds. The van der Waals surface area contributed by atoms with E-state index in [-0.39, 0.29) is 5.91 Å². The van der Waals surface area contributed by atoms with Crippen LogP contribution in [0.3, 0.4) is 0 Å². The normalized spacial score (nSPS) is 10.4. The fourth-order valence-corrected chi connectivity index (χ4v) is 2.56. The Labute approximate surface area is 156 Å². The van der Waals surface area contributed by atoms with Crippen molar-refractivity contribution in [2.24, 2.45) is 0 Å². The highest BCUT2D eigenvalue weighted by molar-refractivity contribution is 6.30. The van der Waals surface area contributed by atoms with Crippen LogP contribution in [0, 0.1) is 13.8 Å². The monoisotopic (exact) mass is 367 g/mol. The molecule has 0 fully saturated rings. The van der Waals surface area contributed by atoms with Crippen LogP contribution in [0.2, 0.25) is 5.02 Å². The molecule has 2 N–H and O–H groups in total. The second kappa shape index (κ2) is 7.93. The van der Waals surface area contributed by atoms with Crippen molar-refractivity contribution in [3.8, 4) is 0 Å². The van der Waals surface area contributed by atoms with Gasteiger partial charge in [0.15, 0.2) is 0 Å². The molecule has 3 rings (SSSR count). The molecule has 0 saturated carbocycles. The van der Waals surface area contributed by atoms with Crippen molar-refractivity contribution >= 4 is 29.0 Å². The molecule has 0 aliphatic carbocycles. The number of aromatic nitrogens is 3. The molecule has 6 nitrogen and oxygen atoms in total. The van der Waals surface area contributed by atoms with Crippen LogP contribution in [0.1, 0.15) is 27.4 Å². The third-order valence-electron chi connectivity index (χ3n) is 3.71. The fourth-order valence-electron chi connectivity index (χ4n) is 2.39. The summed E-state index contributed by atoms with van der Waals surface area (Å²) >= 11 is 6.05. The lowest BCUT2D eigenvalue weighted by Gasteiger charge is -2.11. The fraction of sp³-hybridized carbons (Fsp3) is 0.158. The quantitative estimate of drug-likeness (QED) is 0.716. The van der Waals surface area contributed by atoms with E-state index in [0.717, 1.165) is 16.8 Å². The minimum absolute atomic E-state index is 0.273. The van der Waals surface area contributed by atoms with Crippen LogP contribution in [-0.2, 0) is 6.54 Å². The van der Waals surface area contributed by atoms with Crippen molar-refractivity contribution < 1.29 is 4.79 Å². The van der Waals surface area contributed by atoms with Gasteiger partial charge >= 0.3 is 0 Å². The summed E-state index contributed by atoms with van der Waals surface area (Å²) in [6.07, 6.45) is 3.40. The summed E-state index contributed by atoms with van der Waals surface area (Å²) in [5.41, 5.74) is 3.06.